The van der Waals surface area contributed by atoms with Gasteiger partial charge in [0.25, 0.3) is 11.8 Å². The first-order valence-electron chi connectivity index (χ1n) is 7.81. The van der Waals surface area contributed by atoms with E-state index in [-0.39, 0.29) is 17.1 Å². The summed E-state index contributed by atoms with van der Waals surface area (Å²) in [5.74, 6) is -0.445. The molecule has 24 heavy (non-hydrogen) atoms. The number of aryl methyl sites for hydroxylation is 2. The number of thioether (sulfide) groups is 1. The average Bonchev–Trinajstić information content (AvgIpc) is 3.10. The maximum absolute atomic E-state index is 13.0. The van der Waals surface area contributed by atoms with Crippen molar-refractivity contribution >= 4 is 46.2 Å². The van der Waals surface area contributed by atoms with Crippen LogP contribution in [-0.2, 0) is 9.59 Å². The van der Waals surface area contributed by atoms with E-state index in [4.69, 9.17) is 0 Å². The molecule has 0 aliphatic carbocycles. The molecule has 0 bridgehead atoms. The number of amides is 2. The number of benzene rings is 1. The van der Waals surface area contributed by atoms with Crippen molar-refractivity contribution in [2.75, 3.05) is 4.90 Å². The third-order valence-electron chi connectivity index (χ3n) is 3.91. The lowest BCUT2D eigenvalue weighted by Crippen LogP contribution is -2.31. The van der Waals surface area contributed by atoms with Gasteiger partial charge in [-0.3, -0.25) is 9.59 Å². The van der Waals surface area contributed by atoms with Crippen LogP contribution >= 0.6 is 23.1 Å². The van der Waals surface area contributed by atoms with Gasteiger partial charge in [-0.15, -0.1) is 23.1 Å². The van der Waals surface area contributed by atoms with Gasteiger partial charge in [-0.05, 0) is 48.6 Å². The monoisotopic (exact) mass is 357 g/mol. The Morgan fingerprint density at radius 3 is 2.38 bits per heavy atom. The van der Waals surface area contributed by atoms with Gasteiger partial charge in [0.1, 0.15) is 0 Å². The number of nitrogens with zero attached hydrogens (tertiary/aromatic N) is 1. The lowest BCUT2D eigenvalue weighted by Gasteiger charge is -2.16. The summed E-state index contributed by atoms with van der Waals surface area (Å²) in [7, 11) is 0. The summed E-state index contributed by atoms with van der Waals surface area (Å²) in [5.41, 5.74) is 3.38. The van der Waals surface area contributed by atoms with Crippen LogP contribution in [0, 0.1) is 13.8 Å². The van der Waals surface area contributed by atoms with Crippen molar-refractivity contribution in [1.29, 1.82) is 0 Å². The van der Waals surface area contributed by atoms with Crippen LogP contribution in [0.25, 0.3) is 5.57 Å². The van der Waals surface area contributed by atoms with Gasteiger partial charge >= 0.3 is 0 Å². The highest BCUT2D eigenvalue weighted by Gasteiger charge is 2.40. The van der Waals surface area contributed by atoms with E-state index < -0.39 is 0 Å². The van der Waals surface area contributed by atoms with Crippen molar-refractivity contribution in [3.8, 4) is 0 Å². The molecular formula is C19H19NO2S2. The molecule has 1 aromatic heterocycles. The fraction of sp³-hybridized carbons (Fsp3) is 0.263. The molecule has 5 heteroatoms. The van der Waals surface area contributed by atoms with Crippen LogP contribution < -0.4 is 4.90 Å². The first-order valence-corrected chi connectivity index (χ1v) is 9.57. The van der Waals surface area contributed by atoms with Crippen LogP contribution in [0.3, 0.4) is 0 Å². The van der Waals surface area contributed by atoms with Gasteiger partial charge in [-0.2, -0.15) is 0 Å². The highest BCUT2D eigenvalue weighted by Crippen LogP contribution is 2.41. The second-order valence-electron chi connectivity index (χ2n) is 6.06. The van der Waals surface area contributed by atoms with E-state index in [0.717, 1.165) is 16.0 Å². The minimum absolute atomic E-state index is 0.217. The zero-order chi connectivity index (χ0) is 17.4. The van der Waals surface area contributed by atoms with E-state index >= 15 is 0 Å². The fourth-order valence-corrected chi connectivity index (χ4v) is 4.40. The van der Waals surface area contributed by atoms with Crippen LogP contribution in [0.15, 0.2) is 40.6 Å². The summed E-state index contributed by atoms with van der Waals surface area (Å²) in [6.07, 6.45) is 0. The second kappa shape index (κ2) is 6.57. The number of thiophene rings is 1. The summed E-state index contributed by atoms with van der Waals surface area (Å²) < 4.78 is 0. The molecular weight excluding hydrogens is 338 g/mol. The molecule has 1 aromatic carbocycles. The van der Waals surface area contributed by atoms with Crippen molar-refractivity contribution in [3.05, 3.63) is 56.6 Å². The van der Waals surface area contributed by atoms with Crippen LogP contribution in [-0.4, -0.2) is 17.1 Å². The van der Waals surface area contributed by atoms with Crippen LogP contribution in [0.4, 0.5) is 5.69 Å². The Balaban J connectivity index is 2.09. The Bertz CT molecular complexity index is 835. The van der Waals surface area contributed by atoms with Crippen molar-refractivity contribution in [2.45, 2.75) is 32.9 Å². The van der Waals surface area contributed by atoms with E-state index in [1.165, 1.54) is 28.0 Å². The summed E-state index contributed by atoms with van der Waals surface area (Å²) >= 11 is 2.95. The molecule has 0 unspecified atom stereocenters. The maximum Gasteiger partial charge on any atom is 0.272 e. The first-order chi connectivity index (χ1) is 11.4. The van der Waals surface area contributed by atoms with Crippen molar-refractivity contribution < 1.29 is 9.59 Å². The Morgan fingerprint density at radius 2 is 1.79 bits per heavy atom. The smallest absolute Gasteiger partial charge is 0.268 e. The second-order valence-corrected chi connectivity index (χ2v) is 8.60. The fourth-order valence-electron chi connectivity index (χ4n) is 2.59. The quantitative estimate of drug-likeness (QED) is 0.738. The summed E-state index contributed by atoms with van der Waals surface area (Å²) in [5, 5.41) is 2.16. The predicted octanol–water partition coefficient (Wildman–Crippen LogP) is 4.79. The van der Waals surface area contributed by atoms with Crippen LogP contribution in [0.2, 0.25) is 0 Å². The Kier molecular flexibility index (Phi) is 4.65. The largest absolute Gasteiger partial charge is 0.272 e. The Morgan fingerprint density at radius 1 is 1.04 bits per heavy atom. The molecule has 0 spiro atoms. The van der Waals surface area contributed by atoms with Crippen molar-refractivity contribution in [3.63, 3.8) is 0 Å². The number of hydrogen-bond donors (Lipinski definition) is 0. The molecule has 2 aromatic rings. The standard InChI is InChI=1S/C19H19NO2S2/c1-11(2)24-17-16(15-6-5-9-23-15)18(21)20(19(17)22)14-8-7-12(3)13(4)10-14/h5-11H,1-4H3. The van der Waals surface area contributed by atoms with Gasteiger partial charge in [0.15, 0.2) is 0 Å². The summed E-state index contributed by atoms with van der Waals surface area (Å²) in [6.45, 7) is 8.06. The molecule has 124 valence electrons. The highest BCUT2D eigenvalue weighted by molar-refractivity contribution is 8.04. The maximum atomic E-state index is 13.0. The SMILES string of the molecule is Cc1ccc(N2C(=O)C(SC(C)C)=C(c3cccs3)C2=O)cc1C. The summed E-state index contributed by atoms with van der Waals surface area (Å²) in [6, 6.07) is 9.49. The molecule has 0 fully saturated rings. The molecule has 0 radical (unpaired) electrons. The lowest BCUT2D eigenvalue weighted by molar-refractivity contribution is -0.119. The molecule has 1 aliphatic heterocycles. The van der Waals surface area contributed by atoms with Crippen molar-refractivity contribution in [2.24, 2.45) is 0 Å². The summed E-state index contributed by atoms with van der Waals surface area (Å²) in [4.78, 5) is 28.7. The zero-order valence-electron chi connectivity index (χ0n) is 14.1. The van der Waals surface area contributed by atoms with Gasteiger partial charge in [0.05, 0.1) is 16.2 Å². The number of hydrogen-bond acceptors (Lipinski definition) is 4. The van der Waals surface area contributed by atoms with Gasteiger partial charge in [-0.1, -0.05) is 26.0 Å². The third kappa shape index (κ3) is 2.94. The van der Waals surface area contributed by atoms with E-state index in [2.05, 4.69) is 0 Å². The zero-order valence-corrected chi connectivity index (χ0v) is 15.8. The minimum atomic E-state index is -0.228. The van der Waals surface area contributed by atoms with Crippen molar-refractivity contribution in [1.82, 2.24) is 0 Å². The third-order valence-corrected chi connectivity index (χ3v) is 5.88. The molecule has 2 amide bonds. The van der Waals surface area contributed by atoms with Crippen LogP contribution in [0.5, 0.6) is 0 Å². The number of carbonyl (C=O) groups excluding carboxylic acids is 2. The molecule has 3 nitrogen and oxygen atoms in total. The molecule has 2 heterocycles. The number of carbonyl (C=O) groups is 2. The predicted molar refractivity (Wildman–Crippen MR) is 102 cm³/mol. The van der Waals surface area contributed by atoms with E-state index in [0.29, 0.717) is 16.2 Å². The normalized spacial score (nSPS) is 15.1. The van der Waals surface area contributed by atoms with Crippen LogP contribution in [0.1, 0.15) is 29.9 Å². The topological polar surface area (TPSA) is 37.4 Å². The van der Waals surface area contributed by atoms with Gasteiger partial charge in [-0.25, -0.2) is 4.90 Å². The lowest BCUT2D eigenvalue weighted by atomic mass is 10.1. The molecule has 0 saturated carbocycles. The van der Waals surface area contributed by atoms with Gasteiger partial charge in [0.2, 0.25) is 0 Å². The molecule has 1 aliphatic rings. The molecule has 0 saturated heterocycles. The van der Waals surface area contributed by atoms with Gasteiger partial charge < -0.3 is 0 Å². The van der Waals surface area contributed by atoms with Gasteiger partial charge in [0, 0.05) is 10.1 Å². The molecule has 0 atom stereocenters. The number of rotatable bonds is 4. The average molecular weight is 358 g/mol. The highest BCUT2D eigenvalue weighted by atomic mass is 32.2. The molecule has 3 rings (SSSR count). The van der Waals surface area contributed by atoms with E-state index in [9.17, 15) is 9.59 Å². The first kappa shape index (κ1) is 17.0. The number of anilines is 1. The molecule has 0 N–H and O–H groups in total. The van der Waals surface area contributed by atoms with E-state index in [1.54, 1.807) is 0 Å². The number of imide groups is 1. The Labute approximate surface area is 150 Å². The van der Waals surface area contributed by atoms with E-state index in [1.807, 2.05) is 63.4 Å². The Hall–Kier alpha value is -1.85. The minimum Gasteiger partial charge on any atom is -0.268 e.